The van der Waals surface area contributed by atoms with E-state index in [2.05, 4.69) is 0 Å². The van der Waals surface area contributed by atoms with Crippen LogP contribution in [0.15, 0.2) is 36.0 Å². The zero-order valence-corrected chi connectivity index (χ0v) is 9.36. The SMILES string of the molecule is CS(=O)(=O)N/C(=C\c1ccccc1)C(=O)O. The number of sulfonamides is 1. The fourth-order valence-electron chi connectivity index (χ4n) is 1.05. The average molecular weight is 241 g/mol. The van der Waals surface area contributed by atoms with E-state index < -0.39 is 16.0 Å². The summed E-state index contributed by atoms with van der Waals surface area (Å²) in [7, 11) is -3.59. The maximum Gasteiger partial charge on any atom is 0.352 e. The molecule has 0 radical (unpaired) electrons. The van der Waals surface area contributed by atoms with Gasteiger partial charge in [-0.25, -0.2) is 13.2 Å². The Morgan fingerprint density at radius 2 is 1.88 bits per heavy atom. The standard InChI is InChI=1S/C10H11NO4S/c1-16(14,15)11-9(10(12)13)7-8-5-3-2-4-6-8/h2-7,11H,1H3,(H,12,13)/b9-7-. The predicted octanol–water partition coefficient (Wildman–Crippen LogP) is 0.661. The second kappa shape index (κ2) is 4.80. The van der Waals surface area contributed by atoms with Gasteiger partial charge in [0.2, 0.25) is 10.0 Å². The number of carboxylic acids is 1. The van der Waals surface area contributed by atoms with Crippen molar-refractivity contribution in [3.63, 3.8) is 0 Å². The summed E-state index contributed by atoms with van der Waals surface area (Å²) in [5, 5.41) is 8.80. The van der Waals surface area contributed by atoms with E-state index in [4.69, 9.17) is 5.11 Å². The minimum absolute atomic E-state index is 0.381. The van der Waals surface area contributed by atoms with Gasteiger partial charge in [-0.2, -0.15) is 0 Å². The fraction of sp³-hybridized carbons (Fsp3) is 0.100. The quantitative estimate of drug-likeness (QED) is 0.758. The van der Waals surface area contributed by atoms with Gasteiger partial charge in [-0.15, -0.1) is 0 Å². The Bertz CT molecular complexity index is 505. The number of benzene rings is 1. The molecule has 0 saturated carbocycles. The first kappa shape index (κ1) is 12.3. The fourth-order valence-corrected chi connectivity index (χ4v) is 1.60. The molecule has 6 heteroatoms. The second-order valence-corrected chi connectivity index (χ2v) is 4.90. The normalized spacial score (nSPS) is 12.2. The van der Waals surface area contributed by atoms with Gasteiger partial charge in [-0.05, 0) is 11.6 Å². The molecule has 0 aromatic heterocycles. The highest BCUT2D eigenvalue weighted by Crippen LogP contribution is 2.05. The molecular weight excluding hydrogens is 230 g/mol. The van der Waals surface area contributed by atoms with Crippen LogP contribution in [0.25, 0.3) is 6.08 Å². The first-order chi connectivity index (χ1) is 7.38. The Morgan fingerprint density at radius 1 is 1.31 bits per heavy atom. The van der Waals surface area contributed by atoms with Crippen molar-refractivity contribution in [2.45, 2.75) is 0 Å². The summed E-state index contributed by atoms with van der Waals surface area (Å²) in [5.41, 5.74) is 0.227. The molecular formula is C10H11NO4S. The molecule has 0 aliphatic carbocycles. The first-order valence-electron chi connectivity index (χ1n) is 4.36. The zero-order chi connectivity index (χ0) is 12.2. The lowest BCUT2D eigenvalue weighted by Crippen LogP contribution is -2.26. The Kier molecular flexibility index (Phi) is 3.68. The summed E-state index contributed by atoms with van der Waals surface area (Å²) in [4.78, 5) is 10.8. The molecule has 1 aromatic rings. The number of aliphatic carboxylic acids is 1. The van der Waals surface area contributed by atoms with Crippen LogP contribution in [0.5, 0.6) is 0 Å². The van der Waals surface area contributed by atoms with Gasteiger partial charge in [0.25, 0.3) is 0 Å². The molecule has 2 N–H and O–H groups in total. The summed E-state index contributed by atoms with van der Waals surface area (Å²) in [6, 6.07) is 8.58. The van der Waals surface area contributed by atoms with Crippen LogP contribution < -0.4 is 4.72 Å². The Hall–Kier alpha value is -1.82. The smallest absolute Gasteiger partial charge is 0.352 e. The maximum atomic E-state index is 10.9. The number of carbonyl (C=O) groups is 1. The summed E-state index contributed by atoms with van der Waals surface area (Å²) in [6.07, 6.45) is 2.15. The third-order valence-corrected chi connectivity index (χ3v) is 2.23. The Balaban J connectivity index is 3.04. The summed E-state index contributed by atoms with van der Waals surface area (Å²) in [5.74, 6) is -1.32. The topological polar surface area (TPSA) is 83.5 Å². The van der Waals surface area contributed by atoms with Gasteiger partial charge in [0, 0.05) is 0 Å². The van der Waals surface area contributed by atoms with Gasteiger partial charge in [0.05, 0.1) is 6.26 Å². The van der Waals surface area contributed by atoms with Crippen molar-refractivity contribution in [1.29, 1.82) is 0 Å². The number of carboxylic acid groups (broad SMARTS) is 1. The van der Waals surface area contributed by atoms with Crippen molar-refractivity contribution in [3.05, 3.63) is 41.6 Å². The van der Waals surface area contributed by atoms with E-state index in [0.29, 0.717) is 5.56 Å². The molecule has 1 rings (SSSR count). The Morgan fingerprint density at radius 3 is 2.31 bits per heavy atom. The van der Waals surface area contributed by atoms with Gasteiger partial charge in [0.1, 0.15) is 5.70 Å². The van der Waals surface area contributed by atoms with E-state index in [1.807, 2.05) is 4.72 Å². The number of hydrogen-bond acceptors (Lipinski definition) is 3. The molecule has 0 unspecified atom stereocenters. The van der Waals surface area contributed by atoms with Gasteiger partial charge >= 0.3 is 5.97 Å². The maximum absolute atomic E-state index is 10.9. The second-order valence-electron chi connectivity index (χ2n) is 3.15. The van der Waals surface area contributed by atoms with Gasteiger partial charge in [0.15, 0.2) is 0 Å². The van der Waals surface area contributed by atoms with E-state index in [1.165, 1.54) is 6.08 Å². The molecule has 86 valence electrons. The molecule has 0 aliphatic heterocycles. The highest BCUT2D eigenvalue weighted by molar-refractivity contribution is 7.88. The molecule has 0 fully saturated rings. The van der Waals surface area contributed by atoms with Crippen LogP contribution in [0, 0.1) is 0 Å². The van der Waals surface area contributed by atoms with Crippen molar-refractivity contribution in [2.75, 3.05) is 6.26 Å². The molecule has 16 heavy (non-hydrogen) atoms. The van der Waals surface area contributed by atoms with Crippen molar-refractivity contribution in [1.82, 2.24) is 4.72 Å². The first-order valence-corrected chi connectivity index (χ1v) is 6.25. The van der Waals surface area contributed by atoms with Crippen molar-refractivity contribution in [2.24, 2.45) is 0 Å². The van der Waals surface area contributed by atoms with E-state index >= 15 is 0 Å². The van der Waals surface area contributed by atoms with Crippen LogP contribution >= 0.6 is 0 Å². The highest BCUT2D eigenvalue weighted by Gasteiger charge is 2.11. The number of rotatable bonds is 4. The number of hydrogen-bond donors (Lipinski definition) is 2. The minimum Gasteiger partial charge on any atom is -0.477 e. The van der Waals surface area contributed by atoms with E-state index in [-0.39, 0.29) is 5.70 Å². The van der Waals surface area contributed by atoms with Crippen LogP contribution in [0.2, 0.25) is 0 Å². The van der Waals surface area contributed by atoms with Gasteiger partial charge in [-0.1, -0.05) is 30.3 Å². The third kappa shape index (κ3) is 4.14. The number of nitrogens with one attached hydrogen (secondary N) is 1. The lowest BCUT2D eigenvalue weighted by molar-refractivity contribution is -0.132. The van der Waals surface area contributed by atoms with Crippen LogP contribution in [0.1, 0.15) is 5.56 Å². The predicted molar refractivity (Wildman–Crippen MR) is 60.0 cm³/mol. The third-order valence-electron chi connectivity index (χ3n) is 1.64. The van der Waals surface area contributed by atoms with Gasteiger partial charge < -0.3 is 5.11 Å². The zero-order valence-electron chi connectivity index (χ0n) is 8.54. The minimum atomic E-state index is -3.59. The van der Waals surface area contributed by atoms with Crippen molar-refractivity contribution in [3.8, 4) is 0 Å². The molecule has 0 saturated heterocycles. The van der Waals surface area contributed by atoms with Crippen molar-refractivity contribution >= 4 is 22.1 Å². The lowest BCUT2D eigenvalue weighted by Gasteiger charge is -2.04. The van der Waals surface area contributed by atoms with Crippen LogP contribution in [-0.4, -0.2) is 25.7 Å². The largest absolute Gasteiger partial charge is 0.477 e. The molecule has 0 amide bonds. The monoisotopic (exact) mass is 241 g/mol. The van der Waals surface area contributed by atoms with Crippen molar-refractivity contribution < 1.29 is 18.3 Å². The molecule has 0 bridgehead atoms. The molecule has 5 nitrogen and oxygen atoms in total. The molecule has 0 spiro atoms. The summed E-state index contributed by atoms with van der Waals surface area (Å²) < 4.78 is 23.8. The Labute approximate surface area is 93.5 Å². The van der Waals surface area contributed by atoms with E-state index in [1.54, 1.807) is 30.3 Å². The summed E-state index contributed by atoms with van der Waals surface area (Å²) in [6.45, 7) is 0. The van der Waals surface area contributed by atoms with Crippen LogP contribution in [-0.2, 0) is 14.8 Å². The molecule has 0 atom stereocenters. The highest BCUT2D eigenvalue weighted by atomic mass is 32.2. The van der Waals surface area contributed by atoms with E-state index in [0.717, 1.165) is 6.26 Å². The van der Waals surface area contributed by atoms with E-state index in [9.17, 15) is 13.2 Å². The van der Waals surface area contributed by atoms with Crippen LogP contribution in [0.4, 0.5) is 0 Å². The lowest BCUT2D eigenvalue weighted by atomic mass is 10.2. The average Bonchev–Trinajstić information content (AvgIpc) is 2.16. The van der Waals surface area contributed by atoms with Gasteiger partial charge in [-0.3, -0.25) is 4.72 Å². The molecule has 1 aromatic carbocycles. The molecule has 0 aliphatic rings. The van der Waals surface area contributed by atoms with Crippen LogP contribution in [0.3, 0.4) is 0 Å². The summed E-state index contributed by atoms with van der Waals surface area (Å²) >= 11 is 0. The molecule has 0 heterocycles.